The Hall–Kier alpha value is -4.29. The number of anilines is 1. The minimum absolute atomic E-state index is 0.0247. The topological polar surface area (TPSA) is 194 Å². The summed E-state index contributed by atoms with van der Waals surface area (Å²) in [5.74, 6) is -4.34. The first kappa shape index (κ1) is 38.9. The molecule has 1 saturated heterocycles. The smallest absolute Gasteiger partial charge is 0.312 e. The average molecular weight is 658 g/mol. The number of nitrogens with zero attached hydrogens (tertiary/aromatic N) is 1. The summed E-state index contributed by atoms with van der Waals surface area (Å²) in [6, 6.07) is 5.07. The van der Waals surface area contributed by atoms with Crippen molar-refractivity contribution >= 4 is 47.1 Å². The van der Waals surface area contributed by atoms with Crippen LogP contribution in [0.3, 0.4) is 0 Å². The van der Waals surface area contributed by atoms with E-state index in [1.165, 1.54) is 0 Å². The van der Waals surface area contributed by atoms with Gasteiger partial charge in [0, 0.05) is 31.0 Å². The number of urea groups is 1. The molecule has 2 rings (SSSR count). The van der Waals surface area contributed by atoms with Crippen molar-refractivity contribution in [2.45, 2.75) is 93.7 Å². The Morgan fingerprint density at radius 3 is 2.13 bits per heavy atom. The van der Waals surface area contributed by atoms with E-state index >= 15 is 0 Å². The Kier molecular flexibility index (Phi) is 13.7. The highest BCUT2D eigenvalue weighted by atomic mass is 16.5. The second kappa shape index (κ2) is 16.5. The molecule has 1 aliphatic heterocycles. The van der Waals surface area contributed by atoms with Gasteiger partial charge in [0.2, 0.25) is 23.6 Å². The Balaban J connectivity index is 2.10. The lowest BCUT2D eigenvalue weighted by Crippen LogP contribution is -2.50. The molecule has 5 N–H and O–H groups in total. The quantitative estimate of drug-likeness (QED) is 0.125. The third-order valence-corrected chi connectivity index (χ3v) is 7.97. The number of primary amides is 1. The number of imide groups is 1. The van der Waals surface area contributed by atoms with Crippen LogP contribution >= 0.6 is 0 Å². The molecular weight excluding hydrogens is 606 g/mol. The second-order valence-electron chi connectivity index (χ2n) is 14.5. The summed E-state index contributed by atoms with van der Waals surface area (Å²) in [6.07, 6.45) is 0.415. The van der Waals surface area contributed by atoms with Crippen LogP contribution in [0.15, 0.2) is 24.3 Å². The van der Waals surface area contributed by atoms with Crippen LogP contribution in [0.5, 0.6) is 0 Å². The summed E-state index contributed by atoms with van der Waals surface area (Å²) < 4.78 is 5.33. The average Bonchev–Trinajstić information content (AvgIpc) is 3.24. The molecule has 1 aromatic rings. The number of rotatable bonds is 15. The van der Waals surface area contributed by atoms with Crippen molar-refractivity contribution in [1.82, 2.24) is 15.5 Å². The molecule has 1 unspecified atom stereocenters. The van der Waals surface area contributed by atoms with Crippen molar-refractivity contribution in [3.05, 3.63) is 29.8 Å². The highest BCUT2D eigenvalue weighted by molar-refractivity contribution is 6.06. The molecule has 1 fully saturated rings. The van der Waals surface area contributed by atoms with Crippen LogP contribution in [0.1, 0.15) is 86.6 Å². The first-order chi connectivity index (χ1) is 21.7. The van der Waals surface area contributed by atoms with Gasteiger partial charge < -0.3 is 26.4 Å². The molecule has 0 aromatic heterocycles. The summed E-state index contributed by atoms with van der Waals surface area (Å²) in [5.41, 5.74) is 5.27. The normalized spacial score (nSPS) is 16.4. The number of hydrogen-bond donors (Lipinski definition) is 4. The predicted octanol–water partition coefficient (Wildman–Crippen LogP) is 3.30. The van der Waals surface area contributed by atoms with Gasteiger partial charge in [-0.1, -0.05) is 46.8 Å². The number of nitrogens with one attached hydrogen (secondary N) is 3. The van der Waals surface area contributed by atoms with E-state index in [1.54, 1.807) is 58.9 Å². The first-order valence-electron chi connectivity index (χ1n) is 16.0. The molecule has 0 saturated carbocycles. The lowest BCUT2D eigenvalue weighted by atomic mass is 9.80. The maximum atomic E-state index is 13.5. The van der Waals surface area contributed by atoms with E-state index < -0.39 is 64.9 Å². The Bertz CT molecular complexity index is 1330. The third kappa shape index (κ3) is 12.1. The number of carbonyl (C=O) groups is 7. The van der Waals surface area contributed by atoms with Crippen molar-refractivity contribution in [3.63, 3.8) is 0 Å². The molecule has 0 aliphatic carbocycles. The molecule has 47 heavy (non-hydrogen) atoms. The van der Waals surface area contributed by atoms with E-state index in [9.17, 15) is 33.6 Å². The number of carbonyl (C=O) groups excluding carboxylic acids is 7. The highest BCUT2D eigenvalue weighted by Crippen LogP contribution is 2.35. The van der Waals surface area contributed by atoms with Gasteiger partial charge in [0.25, 0.3) is 0 Å². The predicted molar refractivity (Wildman–Crippen MR) is 175 cm³/mol. The second-order valence-corrected chi connectivity index (χ2v) is 14.5. The molecule has 1 aromatic carbocycles. The van der Waals surface area contributed by atoms with Crippen molar-refractivity contribution in [2.75, 3.05) is 18.4 Å². The molecule has 13 nitrogen and oxygen atoms in total. The Morgan fingerprint density at radius 1 is 1.00 bits per heavy atom. The van der Waals surface area contributed by atoms with Gasteiger partial charge in [-0.15, -0.1) is 0 Å². The van der Waals surface area contributed by atoms with Crippen LogP contribution in [0, 0.1) is 28.6 Å². The molecule has 1 aliphatic rings. The molecule has 0 radical (unpaired) electrons. The number of ether oxygens (including phenoxy) is 1. The van der Waals surface area contributed by atoms with Gasteiger partial charge in [-0.3, -0.25) is 33.7 Å². The molecule has 3 atom stereocenters. The monoisotopic (exact) mass is 657 g/mol. The lowest BCUT2D eigenvalue weighted by molar-refractivity contribution is -0.154. The van der Waals surface area contributed by atoms with Gasteiger partial charge in [-0.05, 0) is 62.6 Å². The molecule has 6 amide bonds. The molecular formula is C34H51N5O8. The third-order valence-electron chi connectivity index (χ3n) is 7.97. The molecule has 1 heterocycles. The minimum atomic E-state index is -0.970. The number of esters is 1. The summed E-state index contributed by atoms with van der Waals surface area (Å²) in [5, 5.41) is 7.96. The van der Waals surface area contributed by atoms with Crippen molar-refractivity contribution < 1.29 is 38.3 Å². The summed E-state index contributed by atoms with van der Waals surface area (Å²) >= 11 is 0. The van der Waals surface area contributed by atoms with Crippen LogP contribution in [0.25, 0.3) is 0 Å². The fourth-order valence-electron chi connectivity index (χ4n) is 5.06. The van der Waals surface area contributed by atoms with Gasteiger partial charge in [0.05, 0.1) is 17.4 Å². The van der Waals surface area contributed by atoms with Crippen LogP contribution in [-0.2, 0) is 40.1 Å². The maximum absolute atomic E-state index is 13.5. The lowest BCUT2D eigenvalue weighted by Gasteiger charge is -2.26. The van der Waals surface area contributed by atoms with Gasteiger partial charge in [0.15, 0.2) is 5.78 Å². The zero-order valence-corrected chi connectivity index (χ0v) is 28.9. The van der Waals surface area contributed by atoms with Crippen molar-refractivity contribution in [2.24, 2.45) is 34.3 Å². The van der Waals surface area contributed by atoms with Crippen molar-refractivity contribution in [3.8, 4) is 0 Å². The van der Waals surface area contributed by atoms with Crippen LogP contribution < -0.4 is 21.7 Å². The van der Waals surface area contributed by atoms with E-state index in [0.717, 1.165) is 10.5 Å². The summed E-state index contributed by atoms with van der Waals surface area (Å²) in [7, 11) is 0. The molecule has 0 bridgehead atoms. The highest BCUT2D eigenvalue weighted by Gasteiger charge is 2.45. The van der Waals surface area contributed by atoms with Gasteiger partial charge in [-0.25, -0.2) is 4.79 Å². The number of ketones is 1. The van der Waals surface area contributed by atoms with E-state index in [4.69, 9.17) is 10.5 Å². The Labute approximate surface area is 277 Å². The number of benzene rings is 1. The Morgan fingerprint density at radius 2 is 1.62 bits per heavy atom. The summed E-state index contributed by atoms with van der Waals surface area (Å²) in [4.78, 5) is 89.5. The fraction of sp³-hybridized carbons (Fsp3) is 0.618. The minimum Gasteiger partial charge on any atom is -0.460 e. The van der Waals surface area contributed by atoms with Gasteiger partial charge >= 0.3 is 12.0 Å². The number of hydrogen-bond acceptors (Lipinski definition) is 8. The van der Waals surface area contributed by atoms with Crippen molar-refractivity contribution in [1.29, 1.82) is 0 Å². The van der Waals surface area contributed by atoms with E-state index in [2.05, 4.69) is 16.0 Å². The molecule has 13 heteroatoms. The molecule has 260 valence electrons. The number of nitrogens with two attached hydrogens (primary N) is 1. The molecule has 0 spiro atoms. The zero-order valence-electron chi connectivity index (χ0n) is 28.9. The maximum Gasteiger partial charge on any atom is 0.312 e. The zero-order chi connectivity index (χ0) is 35.7. The number of Topliss-reactive ketones (excluding diaryl/α,β-unsaturated/α-hetero) is 1. The summed E-state index contributed by atoms with van der Waals surface area (Å²) in [6.45, 7) is 14.1. The first-order valence-corrected chi connectivity index (χ1v) is 16.0. The van der Waals surface area contributed by atoms with Crippen LogP contribution in [0.2, 0.25) is 0 Å². The SMILES string of the molecule is CC(C)[C@@H](NC(=O)CN1C(=O)CC(C(C)(C)C)C1=O)C(=O)C[C@H](CCCNC(N)=O)C(=O)Nc1ccc(COC(=O)C(C)(C)C)cc1. The standard InChI is InChI=1S/C34H51N5O8/c1-20(2)28(38-26(41)18-39-27(42)17-24(30(39)44)33(3,4)5)25(40)16-22(10-9-15-36-32(35)46)29(43)37-23-13-11-21(12-14-23)19-47-31(45)34(6,7)8/h11-14,20,22,24,28H,9-10,15-19H2,1-8H3,(H,37,43)(H,38,41)(H3,35,36,46)/t22-,24?,28+/m0/s1. The largest absolute Gasteiger partial charge is 0.460 e. The van der Waals surface area contributed by atoms with Crippen LogP contribution in [-0.4, -0.2) is 65.4 Å². The van der Waals surface area contributed by atoms with Crippen LogP contribution in [0.4, 0.5) is 10.5 Å². The fourth-order valence-corrected chi connectivity index (χ4v) is 5.06. The number of amides is 6. The number of likely N-dealkylation sites (tertiary alicyclic amines) is 1. The van der Waals surface area contributed by atoms with E-state index in [0.29, 0.717) is 12.1 Å². The van der Waals surface area contributed by atoms with E-state index in [1.807, 2.05) is 20.8 Å². The van der Waals surface area contributed by atoms with E-state index in [-0.39, 0.29) is 50.1 Å². The van der Waals surface area contributed by atoms with Gasteiger partial charge in [-0.2, -0.15) is 0 Å². The van der Waals surface area contributed by atoms with Gasteiger partial charge in [0.1, 0.15) is 13.2 Å².